The molecule has 0 radical (unpaired) electrons. The van der Waals surface area contributed by atoms with Gasteiger partial charge in [0.1, 0.15) is 10.1 Å². The Hall–Kier alpha value is -1.60. The van der Waals surface area contributed by atoms with Crippen molar-refractivity contribution >= 4 is 45.8 Å². The lowest BCUT2D eigenvalue weighted by molar-refractivity contribution is -0.125. The van der Waals surface area contributed by atoms with Crippen LogP contribution in [0.2, 0.25) is 0 Å². The molecule has 1 aromatic carbocycles. The zero-order valence-electron chi connectivity index (χ0n) is 13.9. The number of thioether (sulfide) groups is 1. The summed E-state index contributed by atoms with van der Waals surface area (Å²) in [6, 6.07) is 7.34. The van der Waals surface area contributed by atoms with Crippen LogP contribution in [0.1, 0.15) is 32.6 Å². The summed E-state index contributed by atoms with van der Waals surface area (Å²) in [5, 5.41) is 2.80. The quantitative estimate of drug-likeness (QED) is 0.564. The highest BCUT2D eigenvalue weighted by molar-refractivity contribution is 8.24. The van der Waals surface area contributed by atoms with Gasteiger partial charge in [0.25, 0.3) is 0 Å². The molecule has 1 saturated heterocycles. The van der Waals surface area contributed by atoms with Gasteiger partial charge in [0.05, 0.1) is 18.0 Å². The Morgan fingerprint density at radius 3 is 2.75 bits per heavy atom. The van der Waals surface area contributed by atoms with E-state index in [9.17, 15) is 9.59 Å². The summed E-state index contributed by atoms with van der Waals surface area (Å²) in [4.78, 5) is 25.6. The first kappa shape index (κ1) is 18.7. The van der Waals surface area contributed by atoms with Crippen molar-refractivity contribution in [3.8, 4) is 5.75 Å². The van der Waals surface area contributed by atoms with Crippen LogP contribution in [0.4, 0.5) is 5.69 Å². The Labute approximate surface area is 152 Å². The van der Waals surface area contributed by atoms with E-state index < -0.39 is 0 Å². The van der Waals surface area contributed by atoms with Gasteiger partial charge < -0.3 is 10.1 Å². The number of carbonyl (C=O) groups is 2. The van der Waals surface area contributed by atoms with Gasteiger partial charge in [-0.1, -0.05) is 42.5 Å². The number of carbonyl (C=O) groups excluding carboxylic acids is 2. The second kappa shape index (κ2) is 9.03. The van der Waals surface area contributed by atoms with Gasteiger partial charge in [-0.3, -0.25) is 14.5 Å². The minimum absolute atomic E-state index is 0.0311. The van der Waals surface area contributed by atoms with Crippen LogP contribution in [0, 0.1) is 0 Å². The number of nitrogens with one attached hydrogen (secondary N) is 1. The van der Waals surface area contributed by atoms with Crippen molar-refractivity contribution in [3.05, 3.63) is 24.3 Å². The van der Waals surface area contributed by atoms with E-state index in [1.54, 1.807) is 12.0 Å². The number of amides is 2. The Kier molecular flexibility index (Phi) is 7.05. The second-order valence-electron chi connectivity index (χ2n) is 5.57. The number of hydrogen-bond donors (Lipinski definition) is 1. The van der Waals surface area contributed by atoms with Crippen molar-refractivity contribution in [1.82, 2.24) is 4.90 Å². The Morgan fingerprint density at radius 2 is 2.08 bits per heavy atom. The van der Waals surface area contributed by atoms with Crippen molar-refractivity contribution in [2.45, 2.75) is 37.9 Å². The molecular formula is C17H22N2O3S2. The van der Waals surface area contributed by atoms with Crippen LogP contribution in [0.15, 0.2) is 24.3 Å². The molecule has 1 N–H and O–H groups in total. The van der Waals surface area contributed by atoms with Gasteiger partial charge >= 0.3 is 0 Å². The number of para-hydroxylation sites is 2. The molecule has 1 fully saturated rings. The van der Waals surface area contributed by atoms with Crippen LogP contribution in [-0.4, -0.2) is 39.9 Å². The standard InChI is InChI=1S/C17H22N2O3S2/c1-12-16(21)19(17(23)24-12)11-7-3-4-10-15(20)18-13-8-5-6-9-14(13)22-2/h5-6,8-9,12H,3-4,7,10-11H2,1-2H3,(H,18,20). The van der Waals surface area contributed by atoms with Crippen LogP contribution < -0.4 is 10.1 Å². The first-order valence-corrected chi connectivity index (χ1v) is 9.26. The number of unbranched alkanes of at least 4 members (excludes halogenated alkanes) is 2. The van der Waals surface area contributed by atoms with Crippen LogP contribution >= 0.6 is 24.0 Å². The molecule has 5 nitrogen and oxygen atoms in total. The van der Waals surface area contributed by atoms with E-state index in [4.69, 9.17) is 17.0 Å². The van der Waals surface area contributed by atoms with Crippen LogP contribution in [0.25, 0.3) is 0 Å². The maximum absolute atomic E-state index is 12.0. The van der Waals surface area contributed by atoms with Gasteiger partial charge in [0, 0.05) is 13.0 Å². The molecule has 2 rings (SSSR count). The summed E-state index contributed by atoms with van der Waals surface area (Å²) in [6.45, 7) is 2.52. The smallest absolute Gasteiger partial charge is 0.241 e. The van der Waals surface area contributed by atoms with E-state index in [2.05, 4.69) is 5.32 Å². The summed E-state index contributed by atoms with van der Waals surface area (Å²) in [5.41, 5.74) is 0.684. The third-order valence-corrected chi connectivity index (χ3v) is 5.26. The Balaban J connectivity index is 1.66. The van der Waals surface area contributed by atoms with Gasteiger partial charge in [-0.15, -0.1) is 0 Å². The predicted octanol–water partition coefficient (Wildman–Crippen LogP) is 3.44. The first-order valence-electron chi connectivity index (χ1n) is 7.97. The molecule has 0 aliphatic carbocycles. The number of methoxy groups -OCH3 is 1. The van der Waals surface area contributed by atoms with Gasteiger partial charge in [-0.2, -0.15) is 0 Å². The minimum atomic E-state index is -0.0656. The molecule has 1 unspecified atom stereocenters. The molecule has 1 aliphatic rings. The third kappa shape index (κ3) is 4.95. The summed E-state index contributed by atoms with van der Waals surface area (Å²) < 4.78 is 5.88. The number of nitrogens with zero attached hydrogens (tertiary/aromatic N) is 1. The van der Waals surface area contributed by atoms with Crippen molar-refractivity contribution in [2.75, 3.05) is 19.0 Å². The van der Waals surface area contributed by atoms with Crippen molar-refractivity contribution in [1.29, 1.82) is 0 Å². The summed E-state index contributed by atoms with van der Waals surface area (Å²) in [6.07, 6.45) is 2.95. The molecule has 7 heteroatoms. The maximum atomic E-state index is 12.0. The van der Waals surface area contributed by atoms with Crippen LogP contribution in [0.5, 0.6) is 5.75 Å². The highest BCUT2D eigenvalue weighted by atomic mass is 32.2. The van der Waals surface area contributed by atoms with Crippen molar-refractivity contribution in [2.24, 2.45) is 0 Å². The summed E-state index contributed by atoms with van der Waals surface area (Å²) in [5.74, 6) is 0.717. The Morgan fingerprint density at radius 1 is 1.33 bits per heavy atom. The van der Waals surface area contributed by atoms with E-state index >= 15 is 0 Å². The van der Waals surface area contributed by atoms with Crippen molar-refractivity contribution < 1.29 is 14.3 Å². The molecule has 1 aromatic rings. The second-order valence-corrected chi connectivity index (χ2v) is 7.55. The molecule has 1 atom stereocenters. The topological polar surface area (TPSA) is 58.6 Å². The maximum Gasteiger partial charge on any atom is 0.241 e. The molecule has 130 valence electrons. The number of ether oxygens (including phenoxy) is 1. The minimum Gasteiger partial charge on any atom is -0.495 e. The molecule has 0 spiro atoms. The number of benzene rings is 1. The van der Waals surface area contributed by atoms with E-state index in [0.29, 0.717) is 28.7 Å². The normalized spacial score (nSPS) is 17.2. The fraction of sp³-hybridized carbons (Fsp3) is 0.471. The summed E-state index contributed by atoms with van der Waals surface area (Å²) in [7, 11) is 1.58. The van der Waals surface area contributed by atoms with Gasteiger partial charge in [0.15, 0.2) is 0 Å². The molecule has 0 aromatic heterocycles. The monoisotopic (exact) mass is 366 g/mol. The summed E-state index contributed by atoms with van der Waals surface area (Å²) >= 11 is 6.64. The van der Waals surface area contributed by atoms with E-state index in [-0.39, 0.29) is 17.1 Å². The fourth-order valence-electron chi connectivity index (χ4n) is 2.47. The molecular weight excluding hydrogens is 344 g/mol. The van der Waals surface area contributed by atoms with Gasteiger partial charge in [-0.05, 0) is 31.9 Å². The lowest BCUT2D eigenvalue weighted by atomic mass is 10.1. The highest BCUT2D eigenvalue weighted by Crippen LogP contribution is 2.27. The van der Waals surface area contributed by atoms with Crippen molar-refractivity contribution in [3.63, 3.8) is 0 Å². The van der Waals surface area contributed by atoms with E-state index in [1.807, 2.05) is 31.2 Å². The lowest BCUT2D eigenvalue weighted by Gasteiger charge is -2.14. The molecule has 0 saturated carbocycles. The predicted molar refractivity (Wildman–Crippen MR) is 101 cm³/mol. The molecule has 1 aliphatic heterocycles. The fourth-order valence-corrected chi connectivity index (χ4v) is 3.92. The average molecular weight is 367 g/mol. The first-order chi connectivity index (χ1) is 11.5. The van der Waals surface area contributed by atoms with E-state index in [1.165, 1.54) is 11.8 Å². The van der Waals surface area contributed by atoms with E-state index in [0.717, 1.165) is 19.3 Å². The number of hydrogen-bond acceptors (Lipinski definition) is 5. The number of anilines is 1. The van der Waals surface area contributed by atoms with Crippen LogP contribution in [0.3, 0.4) is 0 Å². The lowest BCUT2D eigenvalue weighted by Crippen LogP contribution is -2.31. The van der Waals surface area contributed by atoms with Gasteiger partial charge in [0.2, 0.25) is 11.8 Å². The van der Waals surface area contributed by atoms with Gasteiger partial charge in [-0.25, -0.2) is 0 Å². The Bertz CT molecular complexity index is 622. The zero-order chi connectivity index (χ0) is 17.5. The highest BCUT2D eigenvalue weighted by Gasteiger charge is 2.32. The van der Waals surface area contributed by atoms with Crippen LogP contribution in [-0.2, 0) is 9.59 Å². The largest absolute Gasteiger partial charge is 0.495 e. The molecule has 0 bridgehead atoms. The third-order valence-electron chi connectivity index (χ3n) is 3.78. The number of thiocarbonyl (C=S) groups is 1. The molecule has 24 heavy (non-hydrogen) atoms. The molecule has 1 heterocycles. The number of rotatable bonds is 8. The zero-order valence-corrected chi connectivity index (χ0v) is 15.5. The average Bonchev–Trinajstić information content (AvgIpc) is 2.81. The SMILES string of the molecule is COc1ccccc1NC(=O)CCCCCN1C(=O)C(C)SC1=S. The molecule has 2 amide bonds.